The summed E-state index contributed by atoms with van der Waals surface area (Å²) >= 11 is 0. The maximum absolute atomic E-state index is 7.39. The number of aromatic nitrogens is 2. The van der Waals surface area contributed by atoms with Gasteiger partial charge in [0.1, 0.15) is 0 Å². The number of nitrogens with zero attached hydrogens (tertiary/aromatic N) is 2. The molecule has 0 bridgehead atoms. The maximum Gasteiger partial charge on any atom is 0.0524 e. The zero-order valence-corrected chi connectivity index (χ0v) is 6.63. The van der Waals surface area contributed by atoms with Crippen molar-refractivity contribution in [1.82, 2.24) is 9.78 Å². The van der Waals surface area contributed by atoms with Crippen molar-refractivity contribution in [3.63, 3.8) is 0 Å². The Morgan fingerprint density at radius 3 is 2.80 bits per heavy atom. The van der Waals surface area contributed by atoms with Crippen molar-refractivity contribution < 1.29 is 2.74 Å². The summed E-state index contributed by atoms with van der Waals surface area (Å²) in [5.74, 6) is 0.404. The molecule has 0 aliphatic rings. The highest BCUT2D eigenvalue weighted by molar-refractivity contribution is 5.08. The first kappa shape index (κ1) is 4.94. The number of rotatable bonds is 2. The molecule has 0 saturated carbocycles. The van der Waals surface area contributed by atoms with Crippen molar-refractivity contribution in [1.29, 1.82) is 0 Å². The SMILES string of the molecule is [2H]C([2H])(C)n1cc(C(C)C)cn1. The third-order valence-corrected chi connectivity index (χ3v) is 1.50. The van der Waals surface area contributed by atoms with Crippen LogP contribution in [0.5, 0.6) is 0 Å². The van der Waals surface area contributed by atoms with Gasteiger partial charge in [0.2, 0.25) is 0 Å². The summed E-state index contributed by atoms with van der Waals surface area (Å²) in [5, 5.41) is 3.95. The first-order valence-corrected chi connectivity index (χ1v) is 3.46. The molecule has 2 heteroatoms. The van der Waals surface area contributed by atoms with Gasteiger partial charge in [0.15, 0.2) is 0 Å². The first-order chi connectivity index (χ1) is 5.41. The van der Waals surface area contributed by atoms with Gasteiger partial charge in [0.05, 0.1) is 8.94 Å². The number of aryl methyl sites for hydroxylation is 1. The fraction of sp³-hybridized carbons (Fsp3) is 0.625. The molecule has 0 spiro atoms. The lowest BCUT2D eigenvalue weighted by molar-refractivity contribution is 0.658. The highest BCUT2D eigenvalue weighted by Gasteiger charge is 2.00. The predicted molar refractivity (Wildman–Crippen MR) is 42.0 cm³/mol. The topological polar surface area (TPSA) is 17.8 Å². The molecule has 0 fully saturated rings. The Morgan fingerprint density at radius 1 is 1.80 bits per heavy atom. The molecule has 0 amide bonds. The van der Waals surface area contributed by atoms with E-state index >= 15 is 0 Å². The molecule has 0 atom stereocenters. The van der Waals surface area contributed by atoms with Crippen LogP contribution in [0.1, 0.15) is 35.0 Å². The molecule has 0 aliphatic heterocycles. The van der Waals surface area contributed by atoms with Crippen molar-refractivity contribution in [2.75, 3.05) is 0 Å². The van der Waals surface area contributed by atoms with E-state index in [1.807, 2.05) is 0 Å². The minimum absolute atomic E-state index is 0.404. The summed E-state index contributed by atoms with van der Waals surface area (Å²) < 4.78 is 16.1. The van der Waals surface area contributed by atoms with Gasteiger partial charge >= 0.3 is 0 Å². The van der Waals surface area contributed by atoms with E-state index in [0.717, 1.165) is 5.56 Å². The molecule has 10 heavy (non-hydrogen) atoms. The zero-order chi connectivity index (χ0) is 9.35. The second-order valence-corrected chi connectivity index (χ2v) is 2.60. The molecule has 0 aromatic carbocycles. The fourth-order valence-electron chi connectivity index (χ4n) is 0.757. The van der Waals surface area contributed by atoms with Gasteiger partial charge in [-0.05, 0) is 18.4 Å². The van der Waals surface area contributed by atoms with Crippen LogP contribution >= 0.6 is 0 Å². The van der Waals surface area contributed by atoms with Crippen LogP contribution in [0.15, 0.2) is 12.4 Å². The fourth-order valence-corrected chi connectivity index (χ4v) is 0.757. The van der Waals surface area contributed by atoms with Crippen LogP contribution in [0, 0.1) is 0 Å². The van der Waals surface area contributed by atoms with E-state index in [-0.39, 0.29) is 0 Å². The van der Waals surface area contributed by atoms with Gasteiger partial charge in [-0.15, -0.1) is 0 Å². The monoisotopic (exact) mass is 140 g/mol. The quantitative estimate of drug-likeness (QED) is 0.614. The van der Waals surface area contributed by atoms with Gasteiger partial charge < -0.3 is 0 Å². The summed E-state index contributed by atoms with van der Waals surface area (Å²) in [4.78, 5) is 0. The van der Waals surface area contributed by atoms with Crippen LogP contribution in [0.4, 0.5) is 0 Å². The standard InChI is InChI=1S/C8H14N2/c1-4-10-6-8(5-9-10)7(2)3/h5-7H,4H2,1-3H3/i4D2. The summed E-state index contributed by atoms with van der Waals surface area (Å²) in [7, 11) is 0. The lowest BCUT2D eigenvalue weighted by Gasteiger charge is -1.96. The number of hydrogen-bond acceptors (Lipinski definition) is 1. The molecule has 0 radical (unpaired) electrons. The van der Waals surface area contributed by atoms with E-state index in [4.69, 9.17) is 2.74 Å². The van der Waals surface area contributed by atoms with Crippen molar-refractivity contribution >= 4 is 0 Å². The van der Waals surface area contributed by atoms with Gasteiger partial charge in [-0.1, -0.05) is 13.8 Å². The summed E-state index contributed by atoms with van der Waals surface area (Å²) in [5.41, 5.74) is 1.07. The third-order valence-electron chi connectivity index (χ3n) is 1.50. The second-order valence-electron chi connectivity index (χ2n) is 2.60. The molecule has 1 aromatic rings. The molecule has 0 N–H and O–H groups in total. The van der Waals surface area contributed by atoms with Crippen LogP contribution in [-0.2, 0) is 6.50 Å². The Balaban J connectivity index is 2.92. The van der Waals surface area contributed by atoms with E-state index < -0.39 is 6.50 Å². The lowest BCUT2D eigenvalue weighted by atomic mass is 10.1. The van der Waals surface area contributed by atoms with Crippen molar-refractivity contribution in [2.45, 2.75) is 33.2 Å². The maximum atomic E-state index is 7.39. The number of hydrogen-bond donors (Lipinski definition) is 0. The zero-order valence-electron chi connectivity index (χ0n) is 8.63. The molecule has 0 aliphatic carbocycles. The first-order valence-electron chi connectivity index (χ1n) is 4.46. The highest BCUT2D eigenvalue weighted by Crippen LogP contribution is 2.11. The largest absolute Gasteiger partial charge is 0.273 e. The van der Waals surface area contributed by atoms with E-state index in [9.17, 15) is 0 Å². The molecule has 0 unspecified atom stereocenters. The highest BCUT2D eigenvalue weighted by atomic mass is 15.3. The minimum Gasteiger partial charge on any atom is -0.273 e. The van der Waals surface area contributed by atoms with Gasteiger partial charge in [-0.25, -0.2) is 0 Å². The summed E-state index contributed by atoms with van der Waals surface area (Å²) in [6, 6.07) is 0. The van der Waals surface area contributed by atoms with Crippen molar-refractivity contribution in [3.05, 3.63) is 18.0 Å². The van der Waals surface area contributed by atoms with E-state index in [1.54, 1.807) is 12.4 Å². The Kier molecular flexibility index (Phi) is 1.41. The second kappa shape index (κ2) is 2.86. The van der Waals surface area contributed by atoms with Crippen molar-refractivity contribution in [3.8, 4) is 0 Å². The Morgan fingerprint density at radius 2 is 2.50 bits per heavy atom. The van der Waals surface area contributed by atoms with E-state index in [0.29, 0.717) is 5.92 Å². The smallest absolute Gasteiger partial charge is 0.0524 e. The van der Waals surface area contributed by atoms with Gasteiger partial charge in [-0.2, -0.15) is 5.10 Å². The van der Waals surface area contributed by atoms with Crippen LogP contribution < -0.4 is 0 Å². The summed E-state index contributed by atoms with van der Waals surface area (Å²) in [6.07, 6.45) is 3.47. The van der Waals surface area contributed by atoms with Crippen molar-refractivity contribution in [2.24, 2.45) is 0 Å². The third kappa shape index (κ3) is 1.38. The van der Waals surface area contributed by atoms with Gasteiger partial charge in [0, 0.05) is 12.7 Å². The lowest BCUT2D eigenvalue weighted by Crippen LogP contribution is -1.92. The molecular weight excluding hydrogens is 124 g/mol. The normalized spacial score (nSPS) is 15.2. The molecule has 0 saturated heterocycles. The molecule has 2 nitrogen and oxygen atoms in total. The van der Waals surface area contributed by atoms with Crippen LogP contribution in [0.25, 0.3) is 0 Å². The van der Waals surface area contributed by atoms with Crippen LogP contribution in [0.2, 0.25) is 0 Å². The molecular formula is C8H14N2. The average Bonchev–Trinajstić information content (AvgIpc) is 2.30. The Hall–Kier alpha value is -0.790. The Labute approximate surface area is 64.7 Å². The summed E-state index contributed by atoms with van der Waals surface area (Å²) in [6.45, 7) is 4.22. The van der Waals surface area contributed by atoms with Gasteiger partial charge in [0.25, 0.3) is 0 Å². The molecule has 1 rings (SSSR count). The minimum atomic E-state index is -1.40. The van der Waals surface area contributed by atoms with Gasteiger partial charge in [-0.3, -0.25) is 4.68 Å². The van der Waals surface area contributed by atoms with Crippen LogP contribution in [0.3, 0.4) is 0 Å². The predicted octanol–water partition coefficient (Wildman–Crippen LogP) is 2.03. The molecule has 1 aromatic heterocycles. The Bertz CT molecular complexity index is 260. The molecule has 56 valence electrons. The van der Waals surface area contributed by atoms with E-state index in [1.165, 1.54) is 11.6 Å². The van der Waals surface area contributed by atoms with E-state index in [2.05, 4.69) is 18.9 Å². The average molecular weight is 140 g/mol. The van der Waals surface area contributed by atoms with Crippen LogP contribution in [-0.4, -0.2) is 9.78 Å². The molecule has 1 heterocycles.